The highest BCUT2D eigenvalue weighted by Gasteiger charge is 2.25. The molecule has 3 aromatic heterocycles. The largest absolute Gasteiger partial charge is 0.382 e. The summed E-state index contributed by atoms with van der Waals surface area (Å²) in [5.41, 5.74) is 8.77. The van der Waals surface area contributed by atoms with Gasteiger partial charge in [0.15, 0.2) is 5.65 Å². The maximum absolute atomic E-state index is 9.40. The average molecular weight is 372 g/mol. The number of allylic oxidation sites excluding steroid dienone is 4. The van der Waals surface area contributed by atoms with Gasteiger partial charge in [-0.3, -0.25) is 0 Å². The van der Waals surface area contributed by atoms with E-state index in [0.717, 1.165) is 16.9 Å². The fourth-order valence-corrected chi connectivity index (χ4v) is 3.45. The molecule has 0 bridgehead atoms. The molecular formula is C20H20N8. The third kappa shape index (κ3) is 3.07. The number of anilines is 2. The van der Waals surface area contributed by atoms with Crippen molar-refractivity contribution < 1.29 is 0 Å². The molecule has 28 heavy (non-hydrogen) atoms. The molecular weight excluding hydrogens is 352 g/mol. The van der Waals surface area contributed by atoms with Crippen LogP contribution < -0.4 is 11.1 Å². The smallest absolute Gasteiger partial charge is 0.153 e. The normalized spacial score (nSPS) is 19.5. The number of imidazole rings is 1. The van der Waals surface area contributed by atoms with E-state index in [9.17, 15) is 5.26 Å². The predicted octanol–water partition coefficient (Wildman–Crippen LogP) is 2.99. The van der Waals surface area contributed by atoms with Crippen molar-refractivity contribution in [3.63, 3.8) is 0 Å². The Balaban J connectivity index is 1.78. The summed E-state index contributed by atoms with van der Waals surface area (Å²) < 4.78 is 1.79. The van der Waals surface area contributed by atoms with Crippen LogP contribution in [0.4, 0.5) is 11.6 Å². The highest BCUT2D eigenvalue weighted by atomic mass is 15.2. The second-order valence-electron chi connectivity index (χ2n) is 6.83. The van der Waals surface area contributed by atoms with Crippen molar-refractivity contribution in [2.45, 2.75) is 25.8 Å². The molecule has 1 aliphatic rings. The molecule has 0 spiro atoms. The first-order chi connectivity index (χ1) is 13.6. The number of nitriles is 1. The van der Waals surface area contributed by atoms with Gasteiger partial charge in [0.05, 0.1) is 11.7 Å². The maximum Gasteiger partial charge on any atom is 0.153 e. The molecule has 3 atom stereocenters. The number of hydrogen-bond acceptors (Lipinski definition) is 7. The molecule has 4 rings (SSSR count). The van der Waals surface area contributed by atoms with Crippen molar-refractivity contribution in [3.8, 4) is 6.07 Å². The van der Waals surface area contributed by atoms with Gasteiger partial charge in [-0.25, -0.2) is 19.5 Å². The van der Waals surface area contributed by atoms with E-state index in [1.807, 2.05) is 25.3 Å². The van der Waals surface area contributed by atoms with E-state index in [2.05, 4.69) is 51.5 Å². The zero-order chi connectivity index (χ0) is 19.7. The second-order valence-corrected chi connectivity index (χ2v) is 6.83. The van der Waals surface area contributed by atoms with E-state index in [1.54, 1.807) is 10.7 Å². The SMILES string of the molecule is CC1C=CC=CC1c1nn2ccnc2cc1[C@H](C)Nc1ncnc(N)c1C#N. The molecule has 0 aliphatic heterocycles. The fraction of sp³-hybridized carbons (Fsp3) is 0.250. The van der Waals surface area contributed by atoms with Gasteiger partial charge in [-0.1, -0.05) is 31.2 Å². The molecule has 8 heteroatoms. The summed E-state index contributed by atoms with van der Waals surface area (Å²) in [7, 11) is 0. The van der Waals surface area contributed by atoms with Crippen LogP contribution in [-0.4, -0.2) is 24.6 Å². The van der Waals surface area contributed by atoms with Crippen molar-refractivity contribution in [2.24, 2.45) is 5.92 Å². The van der Waals surface area contributed by atoms with Gasteiger partial charge in [0.25, 0.3) is 0 Å². The molecule has 0 amide bonds. The molecule has 8 nitrogen and oxygen atoms in total. The lowest BCUT2D eigenvalue weighted by Gasteiger charge is -2.25. The van der Waals surface area contributed by atoms with Gasteiger partial charge in [-0.05, 0) is 18.9 Å². The number of hydrogen-bond donors (Lipinski definition) is 2. The molecule has 0 saturated heterocycles. The Hall–Kier alpha value is -3.73. The van der Waals surface area contributed by atoms with Gasteiger partial charge in [-0.15, -0.1) is 0 Å². The first-order valence-corrected chi connectivity index (χ1v) is 9.04. The van der Waals surface area contributed by atoms with Crippen LogP contribution in [0.25, 0.3) is 5.65 Å². The van der Waals surface area contributed by atoms with E-state index in [1.165, 1.54) is 6.33 Å². The number of nitrogens with one attached hydrogen (secondary N) is 1. The summed E-state index contributed by atoms with van der Waals surface area (Å²) in [6.07, 6.45) is 13.4. The number of rotatable bonds is 4. The van der Waals surface area contributed by atoms with Gasteiger partial charge in [0, 0.05) is 23.9 Å². The van der Waals surface area contributed by atoms with Crippen LogP contribution in [0.15, 0.2) is 49.1 Å². The zero-order valence-electron chi connectivity index (χ0n) is 15.6. The molecule has 3 aromatic rings. The van der Waals surface area contributed by atoms with Gasteiger partial charge < -0.3 is 11.1 Å². The Morgan fingerprint density at radius 3 is 2.86 bits per heavy atom. The summed E-state index contributed by atoms with van der Waals surface area (Å²) in [5, 5.41) is 17.5. The van der Waals surface area contributed by atoms with Crippen LogP contribution in [0.1, 0.15) is 42.6 Å². The van der Waals surface area contributed by atoms with Gasteiger partial charge in [0.2, 0.25) is 0 Å². The van der Waals surface area contributed by atoms with E-state index < -0.39 is 0 Å². The Morgan fingerprint density at radius 1 is 1.25 bits per heavy atom. The predicted molar refractivity (Wildman–Crippen MR) is 106 cm³/mol. The van der Waals surface area contributed by atoms with Crippen molar-refractivity contribution in [2.75, 3.05) is 11.1 Å². The minimum absolute atomic E-state index is 0.141. The van der Waals surface area contributed by atoms with Gasteiger partial charge in [-0.2, -0.15) is 10.4 Å². The molecule has 140 valence electrons. The van der Waals surface area contributed by atoms with E-state index in [4.69, 9.17) is 10.8 Å². The van der Waals surface area contributed by atoms with Gasteiger partial charge in [0.1, 0.15) is 29.6 Å². The third-order valence-electron chi connectivity index (χ3n) is 4.98. The minimum Gasteiger partial charge on any atom is -0.382 e. The van der Waals surface area contributed by atoms with E-state index in [-0.39, 0.29) is 23.3 Å². The second kappa shape index (κ2) is 7.12. The average Bonchev–Trinajstić information content (AvgIpc) is 3.15. The molecule has 0 radical (unpaired) electrons. The first kappa shape index (κ1) is 17.7. The lowest BCUT2D eigenvalue weighted by Crippen LogP contribution is -2.19. The molecule has 0 aromatic carbocycles. The summed E-state index contributed by atoms with van der Waals surface area (Å²) >= 11 is 0. The third-order valence-corrected chi connectivity index (χ3v) is 4.98. The summed E-state index contributed by atoms with van der Waals surface area (Å²) in [6, 6.07) is 3.92. The van der Waals surface area contributed by atoms with Gasteiger partial charge >= 0.3 is 0 Å². The van der Waals surface area contributed by atoms with Crippen molar-refractivity contribution in [1.29, 1.82) is 5.26 Å². The highest BCUT2D eigenvalue weighted by molar-refractivity contribution is 5.63. The minimum atomic E-state index is -0.169. The number of nitrogen functional groups attached to an aromatic ring is 1. The quantitative estimate of drug-likeness (QED) is 0.723. The maximum atomic E-state index is 9.40. The first-order valence-electron chi connectivity index (χ1n) is 9.04. The van der Waals surface area contributed by atoms with Crippen LogP contribution in [0, 0.1) is 17.2 Å². The summed E-state index contributed by atoms with van der Waals surface area (Å²) in [6.45, 7) is 4.18. The zero-order valence-corrected chi connectivity index (χ0v) is 15.6. The summed E-state index contributed by atoms with van der Waals surface area (Å²) in [4.78, 5) is 12.4. The molecule has 0 saturated carbocycles. The van der Waals surface area contributed by atoms with Crippen LogP contribution in [-0.2, 0) is 0 Å². The Bertz CT molecular complexity index is 1120. The van der Waals surface area contributed by atoms with Crippen molar-refractivity contribution >= 4 is 17.3 Å². The Kier molecular flexibility index (Phi) is 4.49. The van der Waals surface area contributed by atoms with E-state index in [0.29, 0.717) is 11.7 Å². The molecule has 1 aliphatic carbocycles. The Morgan fingerprint density at radius 2 is 2.07 bits per heavy atom. The van der Waals surface area contributed by atoms with E-state index >= 15 is 0 Å². The fourth-order valence-electron chi connectivity index (χ4n) is 3.45. The van der Waals surface area contributed by atoms with Crippen LogP contribution in [0.5, 0.6) is 0 Å². The van der Waals surface area contributed by atoms with Crippen LogP contribution in [0.3, 0.4) is 0 Å². The van der Waals surface area contributed by atoms with Crippen LogP contribution in [0.2, 0.25) is 0 Å². The number of aromatic nitrogens is 5. The van der Waals surface area contributed by atoms with Crippen LogP contribution >= 0.6 is 0 Å². The number of nitrogens with zero attached hydrogens (tertiary/aromatic N) is 6. The highest BCUT2D eigenvalue weighted by Crippen LogP contribution is 2.34. The molecule has 2 unspecified atom stereocenters. The van der Waals surface area contributed by atoms with Crippen molar-refractivity contribution in [1.82, 2.24) is 24.6 Å². The number of fused-ring (bicyclic) bond motifs is 1. The molecule has 3 N–H and O–H groups in total. The topological polar surface area (TPSA) is 118 Å². The molecule has 3 heterocycles. The van der Waals surface area contributed by atoms with Crippen molar-refractivity contribution in [3.05, 3.63) is 65.9 Å². The lowest BCUT2D eigenvalue weighted by molar-refractivity contribution is 0.594. The molecule has 0 fully saturated rings. The lowest BCUT2D eigenvalue weighted by atomic mass is 9.84. The summed E-state index contributed by atoms with van der Waals surface area (Å²) in [5.74, 6) is 1.02. The monoisotopic (exact) mass is 372 g/mol. The number of nitrogens with two attached hydrogens (primary N) is 1. The Labute approximate surface area is 162 Å². The standard InChI is InChI=1S/C20H20N8/c1-12-5-3-4-6-14(12)18-15(9-17-23-7-8-28(17)27-18)13(2)26-20-16(10-21)19(22)24-11-25-20/h3-9,11-14H,1-2H3,(H3,22,24,25,26)/t12?,13-,14?/m0/s1.